The molecule has 3 aromatic rings. The van der Waals surface area contributed by atoms with Crippen LogP contribution in [0.25, 0.3) is 10.8 Å². The largest absolute Gasteiger partial charge is 0.334 e. The minimum atomic E-state index is 0.132. The first kappa shape index (κ1) is 15.6. The van der Waals surface area contributed by atoms with Gasteiger partial charge in [0.1, 0.15) is 6.54 Å². The lowest BCUT2D eigenvalue weighted by molar-refractivity contribution is -0.133. The topological polar surface area (TPSA) is 51.0 Å². The molecule has 0 unspecified atom stereocenters. The van der Waals surface area contributed by atoms with E-state index in [2.05, 4.69) is 52.8 Å². The molecule has 0 spiro atoms. The Balaban J connectivity index is 1.39. The molecule has 5 heteroatoms. The minimum absolute atomic E-state index is 0.132. The van der Waals surface area contributed by atoms with Crippen LogP contribution in [0.4, 0.5) is 0 Å². The second kappa shape index (κ2) is 6.24. The molecule has 5 rings (SSSR count). The minimum Gasteiger partial charge on any atom is -0.334 e. The highest BCUT2D eigenvalue weighted by Crippen LogP contribution is 2.39. The number of hydrogen-bond donors (Lipinski definition) is 0. The predicted molar refractivity (Wildman–Crippen MR) is 99.6 cm³/mol. The maximum absolute atomic E-state index is 13.0. The van der Waals surface area contributed by atoms with E-state index in [-0.39, 0.29) is 18.5 Å². The van der Waals surface area contributed by atoms with E-state index >= 15 is 0 Å². The number of benzene rings is 2. The van der Waals surface area contributed by atoms with E-state index in [1.165, 1.54) is 29.2 Å². The van der Waals surface area contributed by atoms with Gasteiger partial charge in [0.15, 0.2) is 0 Å². The van der Waals surface area contributed by atoms with Crippen LogP contribution in [0, 0.1) is 0 Å². The third-order valence-corrected chi connectivity index (χ3v) is 5.60. The van der Waals surface area contributed by atoms with Crippen LogP contribution in [0.15, 0.2) is 48.7 Å². The molecule has 1 aliphatic heterocycles. The van der Waals surface area contributed by atoms with E-state index in [0.717, 1.165) is 25.1 Å². The van der Waals surface area contributed by atoms with E-state index < -0.39 is 0 Å². The number of likely N-dealkylation sites (tertiary alicyclic amines) is 1. The van der Waals surface area contributed by atoms with Crippen molar-refractivity contribution < 1.29 is 4.79 Å². The van der Waals surface area contributed by atoms with Crippen molar-refractivity contribution in [2.75, 3.05) is 6.54 Å². The SMILES string of the molecule is O=C(Cn1cc(C2CC2)nn1)N1CCC[C@@H]1c1cccc2ccccc12. The molecule has 2 fully saturated rings. The zero-order valence-electron chi connectivity index (χ0n) is 14.7. The summed E-state index contributed by atoms with van der Waals surface area (Å²) in [6, 6.07) is 15.0. The Morgan fingerprint density at radius 3 is 2.81 bits per heavy atom. The van der Waals surface area contributed by atoms with Crippen LogP contribution < -0.4 is 0 Å². The lowest BCUT2D eigenvalue weighted by Gasteiger charge is -2.26. The van der Waals surface area contributed by atoms with Gasteiger partial charge >= 0.3 is 0 Å². The Labute approximate surface area is 152 Å². The zero-order valence-corrected chi connectivity index (χ0v) is 14.7. The van der Waals surface area contributed by atoms with Gasteiger partial charge in [0.25, 0.3) is 0 Å². The molecule has 1 saturated heterocycles. The molecule has 1 amide bonds. The molecule has 1 aromatic heterocycles. The van der Waals surface area contributed by atoms with Crippen LogP contribution in [0.5, 0.6) is 0 Å². The van der Waals surface area contributed by atoms with Crippen LogP contribution in [-0.2, 0) is 11.3 Å². The van der Waals surface area contributed by atoms with Crippen LogP contribution in [0.2, 0.25) is 0 Å². The highest BCUT2D eigenvalue weighted by Gasteiger charge is 2.31. The maximum atomic E-state index is 13.0. The molecule has 2 aromatic carbocycles. The van der Waals surface area contributed by atoms with Crippen LogP contribution in [0.1, 0.15) is 48.9 Å². The predicted octanol–water partition coefficient (Wildman–Crippen LogP) is 3.67. The number of rotatable bonds is 4. The summed E-state index contributed by atoms with van der Waals surface area (Å²) in [5.41, 5.74) is 2.29. The molecule has 0 bridgehead atoms. The fourth-order valence-electron chi connectivity index (χ4n) is 4.12. The maximum Gasteiger partial charge on any atom is 0.244 e. The van der Waals surface area contributed by atoms with Gasteiger partial charge in [-0.15, -0.1) is 5.10 Å². The fourth-order valence-corrected chi connectivity index (χ4v) is 4.12. The summed E-state index contributed by atoms with van der Waals surface area (Å²) in [5, 5.41) is 10.9. The summed E-state index contributed by atoms with van der Waals surface area (Å²) in [6.07, 6.45) is 6.40. The van der Waals surface area contributed by atoms with Crippen molar-refractivity contribution in [3.8, 4) is 0 Å². The summed E-state index contributed by atoms with van der Waals surface area (Å²) < 4.78 is 1.70. The summed E-state index contributed by atoms with van der Waals surface area (Å²) >= 11 is 0. The average molecular weight is 346 g/mol. The van der Waals surface area contributed by atoms with Gasteiger partial charge in [-0.05, 0) is 42.0 Å². The quantitative estimate of drug-likeness (QED) is 0.724. The molecule has 0 N–H and O–H groups in total. The van der Waals surface area contributed by atoms with Crippen molar-refractivity contribution in [3.63, 3.8) is 0 Å². The number of carbonyl (C=O) groups excluding carboxylic acids is 1. The number of carbonyl (C=O) groups is 1. The normalized spacial score (nSPS) is 20.0. The van der Waals surface area contributed by atoms with Crippen molar-refractivity contribution >= 4 is 16.7 Å². The molecule has 2 aliphatic rings. The van der Waals surface area contributed by atoms with Gasteiger partial charge in [-0.3, -0.25) is 4.79 Å². The zero-order chi connectivity index (χ0) is 17.5. The number of amides is 1. The molecule has 26 heavy (non-hydrogen) atoms. The number of aromatic nitrogens is 3. The Morgan fingerprint density at radius 2 is 1.92 bits per heavy atom. The van der Waals surface area contributed by atoms with Gasteiger partial charge in [0.2, 0.25) is 5.91 Å². The Hall–Kier alpha value is -2.69. The first-order chi connectivity index (χ1) is 12.8. The average Bonchev–Trinajstić information content (AvgIpc) is 3.22. The van der Waals surface area contributed by atoms with Gasteiger partial charge < -0.3 is 4.90 Å². The number of nitrogens with zero attached hydrogens (tertiary/aromatic N) is 4. The van der Waals surface area contributed by atoms with Gasteiger partial charge in [-0.25, -0.2) is 4.68 Å². The molecule has 0 radical (unpaired) electrons. The van der Waals surface area contributed by atoms with E-state index in [1.807, 2.05) is 11.1 Å². The molecule has 5 nitrogen and oxygen atoms in total. The Bertz CT molecular complexity index is 954. The smallest absolute Gasteiger partial charge is 0.244 e. The van der Waals surface area contributed by atoms with Crippen molar-refractivity contribution in [3.05, 3.63) is 59.9 Å². The fraction of sp³-hybridized carbons (Fsp3) is 0.381. The first-order valence-electron chi connectivity index (χ1n) is 9.47. The van der Waals surface area contributed by atoms with Gasteiger partial charge in [0.05, 0.1) is 11.7 Å². The van der Waals surface area contributed by atoms with Gasteiger partial charge in [0, 0.05) is 18.7 Å². The van der Waals surface area contributed by atoms with E-state index in [9.17, 15) is 4.79 Å². The van der Waals surface area contributed by atoms with Crippen molar-refractivity contribution in [2.45, 2.75) is 44.2 Å². The van der Waals surface area contributed by atoms with Crippen molar-refractivity contribution in [1.29, 1.82) is 0 Å². The standard InChI is InChI=1S/C21H22N4O/c26-21(14-24-13-19(22-23-24)16-10-11-16)25-12-4-9-20(25)18-8-3-6-15-5-1-2-7-17(15)18/h1-3,5-8,13,16,20H,4,9-12,14H2/t20-/m1/s1. The molecule has 1 aliphatic carbocycles. The third kappa shape index (κ3) is 2.77. The summed E-state index contributed by atoms with van der Waals surface area (Å²) in [4.78, 5) is 15.0. The molecular formula is C21H22N4O. The highest BCUT2D eigenvalue weighted by molar-refractivity contribution is 5.87. The molecule has 2 heterocycles. The molecule has 132 valence electrons. The monoisotopic (exact) mass is 346 g/mol. The second-order valence-corrected chi connectivity index (χ2v) is 7.43. The van der Waals surface area contributed by atoms with Crippen molar-refractivity contribution in [1.82, 2.24) is 19.9 Å². The highest BCUT2D eigenvalue weighted by atomic mass is 16.2. The lowest BCUT2D eigenvalue weighted by atomic mass is 9.97. The van der Waals surface area contributed by atoms with E-state index in [1.54, 1.807) is 4.68 Å². The first-order valence-corrected chi connectivity index (χ1v) is 9.47. The van der Waals surface area contributed by atoms with Crippen LogP contribution in [-0.4, -0.2) is 32.3 Å². The number of hydrogen-bond acceptors (Lipinski definition) is 3. The van der Waals surface area contributed by atoms with Gasteiger partial charge in [-0.2, -0.15) is 0 Å². The molecule has 1 atom stereocenters. The second-order valence-electron chi connectivity index (χ2n) is 7.43. The summed E-state index contributed by atoms with van der Waals surface area (Å²) in [6.45, 7) is 1.10. The van der Waals surface area contributed by atoms with Gasteiger partial charge in [-0.1, -0.05) is 47.7 Å². The van der Waals surface area contributed by atoms with E-state index in [0.29, 0.717) is 5.92 Å². The third-order valence-electron chi connectivity index (χ3n) is 5.60. The Morgan fingerprint density at radius 1 is 1.08 bits per heavy atom. The lowest BCUT2D eigenvalue weighted by Crippen LogP contribution is -2.33. The summed E-state index contributed by atoms with van der Waals surface area (Å²) in [7, 11) is 0. The molecular weight excluding hydrogens is 324 g/mol. The van der Waals surface area contributed by atoms with Crippen LogP contribution in [0.3, 0.4) is 0 Å². The summed E-state index contributed by atoms with van der Waals surface area (Å²) in [5.74, 6) is 0.696. The van der Waals surface area contributed by atoms with E-state index in [4.69, 9.17) is 0 Å². The Kier molecular flexibility index (Phi) is 3.73. The molecule has 1 saturated carbocycles. The number of fused-ring (bicyclic) bond motifs is 1. The van der Waals surface area contributed by atoms with Crippen LogP contribution >= 0.6 is 0 Å². The van der Waals surface area contributed by atoms with Crippen molar-refractivity contribution in [2.24, 2.45) is 0 Å².